The van der Waals surface area contributed by atoms with Crippen molar-refractivity contribution in [2.75, 3.05) is 19.0 Å². The highest BCUT2D eigenvalue weighted by Gasteiger charge is 2.24. The van der Waals surface area contributed by atoms with Gasteiger partial charge in [-0.05, 0) is 29.8 Å². The molecule has 0 spiro atoms. The Balaban J connectivity index is 1.88. The monoisotopic (exact) mass is 310 g/mol. The summed E-state index contributed by atoms with van der Waals surface area (Å²) in [6.45, 7) is 4.03. The molecule has 3 rings (SSSR count). The largest absolute Gasteiger partial charge is 0.493 e. The first-order valence-corrected chi connectivity index (χ1v) is 7.31. The number of para-hydroxylation sites is 1. The number of benzene rings is 2. The summed E-state index contributed by atoms with van der Waals surface area (Å²) in [6, 6.07) is 13.0. The molecule has 0 aromatic heterocycles. The first-order chi connectivity index (χ1) is 11.2. The fraction of sp³-hybridized carbons (Fsp3) is 0.167. The van der Waals surface area contributed by atoms with Gasteiger partial charge in [-0.15, -0.1) is 0 Å². The minimum atomic E-state index is -0.320. The van der Waals surface area contributed by atoms with Crippen molar-refractivity contribution in [1.29, 1.82) is 0 Å². The van der Waals surface area contributed by atoms with Gasteiger partial charge >= 0.3 is 0 Å². The second-order valence-corrected chi connectivity index (χ2v) is 5.11. The fourth-order valence-corrected chi connectivity index (χ4v) is 2.51. The van der Waals surface area contributed by atoms with Gasteiger partial charge in [0.15, 0.2) is 11.5 Å². The van der Waals surface area contributed by atoms with Crippen LogP contribution in [-0.4, -0.2) is 19.6 Å². The van der Waals surface area contributed by atoms with Crippen LogP contribution in [0.3, 0.4) is 0 Å². The molecule has 0 saturated carbocycles. The molecular formula is C18H18N2O3. The maximum Gasteiger partial charge on any atom is 0.255 e. The van der Waals surface area contributed by atoms with Crippen LogP contribution in [0.2, 0.25) is 0 Å². The summed E-state index contributed by atoms with van der Waals surface area (Å²) in [6.07, 6.45) is 1.35. The molecule has 2 aromatic rings. The van der Waals surface area contributed by atoms with Crippen LogP contribution in [0.4, 0.5) is 5.69 Å². The lowest BCUT2D eigenvalue weighted by molar-refractivity contribution is 0.0935. The van der Waals surface area contributed by atoms with Crippen LogP contribution in [0.1, 0.15) is 22.1 Å². The minimum Gasteiger partial charge on any atom is -0.493 e. The van der Waals surface area contributed by atoms with Crippen molar-refractivity contribution in [2.45, 2.75) is 6.17 Å². The van der Waals surface area contributed by atoms with Gasteiger partial charge in [0.2, 0.25) is 0 Å². The predicted molar refractivity (Wildman–Crippen MR) is 89.0 cm³/mol. The van der Waals surface area contributed by atoms with E-state index in [1.807, 2.05) is 36.4 Å². The third-order valence-electron chi connectivity index (χ3n) is 3.62. The van der Waals surface area contributed by atoms with E-state index in [2.05, 4.69) is 17.2 Å². The van der Waals surface area contributed by atoms with Crippen molar-refractivity contribution in [3.05, 3.63) is 66.2 Å². The number of rotatable bonds is 5. The molecule has 1 heterocycles. The van der Waals surface area contributed by atoms with Crippen LogP contribution in [0.15, 0.2) is 55.1 Å². The van der Waals surface area contributed by atoms with Crippen LogP contribution < -0.4 is 20.1 Å². The molecule has 2 N–H and O–H groups in total. The second-order valence-electron chi connectivity index (χ2n) is 5.11. The van der Waals surface area contributed by atoms with Crippen LogP contribution in [-0.2, 0) is 0 Å². The number of hydrogen-bond acceptors (Lipinski definition) is 4. The van der Waals surface area contributed by atoms with Crippen molar-refractivity contribution in [1.82, 2.24) is 5.32 Å². The second kappa shape index (κ2) is 6.44. The third kappa shape index (κ3) is 2.99. The predicted octanol–water partition coefficient (Wildman–Crippen LogP) is 3.11. The molecule has 5 nitrogen and oxygen atoms in total. The van der Waals surface area contributed by atoms with E-state index >= 15 is 0 Å². The Morgan fingerprint density at radius 3 is 2.78 bits per heavy atom. The summed E-state index contributed by atoms with van der Waals surface area (Å²) in [5, 5.41) is 6.25. The van der Waals surface area contributed by atoms with E-state index in [-0.39, 0.29) is 12.1 Å². The number of nitrogens with one attached hydrogen (secondary N) is 2. The molecule has 2 aromatic carbocycles. The number of carbonyl (C=O) groups is 1. The summed E-state index contributed by atoms with van der Waals surface area (Å²) < 4.78 is 10.9. The lowest BCUT2D eigenvalue weighted by Gasteiger charge is -2.28. The molecule has 118 valence electrons. The minimum absolute atomic E-state index is 0.102. The number of hydrogen-bond donors (Lipinski definition) is 2. The number of fused-ring (bicyclic) bond motifs is 1. The fourth-order valence-electron chi connectivity index (χ4n) is 2.51. The average molecular weight is 310 g/mol. The van der Waals surface area contributed by atoms with Crippen molar-refractivity contribution >= 4 is 11.6 Å². The summed E-state index contributed by atoms with van der Waals surface area (Å²) >= 11 is 0. The van der Waals surface area contributed by atoms with E-state index in [1.165, 1.54) is 0 Å². The molecule has 1 atom stereocenters. The zero-order valence-electron chi connectivity index (χ0n) is 12.8. The van der Waals surface area contributed by atoms with Gasteiger partial charge < -0.3 is 20.1 Å². The first-order valence-electron chi connectivity index (χ1n) is 7.31. The molecular weight excluding hydrogens is 292 g/mol. The van der Waals surface area contributed by atoms with Gasteiger partial charge in [-0.3, -0.25) is 4.79 Å². The maximum absolute atomic E-state index is 12.2. The van der Waals surface area contributed by atoms with Gasteiger partial charge in [0.25, 0.3) is 5.91 Å². The van der Waals surface area contributed by atoms with Crippen molar-refractivity contribution < 1.29 is 14.3 Å². The van der Waals surface area contributed by atoms with Gasteiger partial charge in [-0.25, -0.2) is 0 Å². The maximum atomic E-state index is 12.2. The van der Waals surface area contributed by atoms with Crippen LogP contribution in [0.25, 0.3) is 0 Å². The van der Waals surface area contributed by atoms with Crippen LogP contribution in [0.5, 0.6) is 11.5 Å². The Bertz CT molecular complexity index is 743. The number of anilines is 1. The normalized spacial score (nSPS) is 15.9. The van der Waals surface area contributed by atoms with Gasteiger partial charge in [-0.1, -0.05) is 30.9 Å². The van der Waals surface area contributed by atoms with E-state index in [4.69, 9.17) is 9.47 Å². The van der Waals surface area contributed by atoms with E-state index in [1.54, 1.807) is 19.3 Å². The number of amides is 1. The molecule has 0 bridgehead atoms. The van der Waals surface area contributed by atoms with Crippen molar-refractivity contribution in [3.8, 4) is 11.5 Å². The summed E-state index contributed by atoms with van der Waals surface area (Å²) in [7, 11) is 1.59. The lowest BCUT2D eigenvalue weighted by Crippen LogP contribution is -2.38. The molecule has 1 unspecified atom stereocenters. The third-order valence-corrected chi connectivity index (χ3v) is 3.62. The average Bonchev–Trinajstić information content (AvgIpc) is 2.59. The van der Waals surface area contributed by atoms with Crippen molar-refractivity contribution in [2.24, 2.45) is 0 Å². The van der Waals surface area contributed by atoms with E-state index in [0.29, 0.717) is 23.7 Å². The lowest BCUT2D eigenvalue weighted by atomic mass is 10.1. The quantitative estimate of drug-likeness (QED) is 0.833. The highest BCUT2D eigenvalue weighted by atomic mass is 16.5. The highest BCUT2D eigenvalue weighted by Crippen LogP contribution is 2.32. The molecule has 1 aliphatic rings. The first kappa shape index (κ1) is 15.0. The molecule has 0 saturated heterocycles. The van der Waals surface area contributed by atoms with E-state index < -0.39 is 0 Å². The standard InChI is InChI=1S/C18H18N2O3/c1-3-10-23-15-9-8-12(11-16(15)22-2)17-19-14-7-5-4-6-13(14)18(21)20-17/h3-9,11,17,19H,1,10H2,2H3,(H,20,21). The SMILES string of the molecule is C=CCOc1ccc(C2NC(=O)c3ccccc3N2)cc1OC. The molecule has 23 heavy (non-hydrogen) atoms. The Morgan fingerprint density at radius 2 is 2.00 bits per heavy atom. The van der Waals surface area contributed by atoms with E-state index in [9.17, 15) is 4.79 Å². The van der Waals surface area contributed by atoms with Gasteiger partial charge in [0.05, 0.1) is 12.7 Å². The number of carbonyl (C=O) groups excluding carboxylic acids is 1. The van der Waals surface area contributed by atoms with E-state index in [0.717, 1.165) is 11.3 Å². The molecule has 1 amide bonds. The Morgan fingerprint density at radius 1 is 1.17 bits per heavy atom. The Labute approximate surface area is 134 Å². The topological polar surface area (TPSA) is 59.6 Å². The molecule has 1 aliphatic heterocycles. The number of ether oxygens (including phenoxy) is 2. The number of methoxy groups -OCH3 is 1. The van der Waals surface area contributed by atoms with Crippen LogP contribution >= 0.6 is 0 Å². The summed E-state index contributed by atoms with van der Waals surface area (Å²) in [4.78, 5) is 12.2. The highest BCUT2D eigenvalue weighted by molar-refractivity contribution is 6.01. The van der Waals surface area contributed by atoms with Crippen LogP contribution in [0, 0.1) is 0 Å². The zero-order valence-corrected chi connectivity index (χ0v) is 12.8. The van der Waals surface area contributed by atoms with Crippen molar-refractivity contribution in [3.63, 3.8) is 0 Å². The molecule has 5 heteroatoms. The summed E-state index contributed by atoms with van der Waals surface area (Å²) in [5.41, 5.74) is 2.34. The Kier molecular flexibility index (Phi) is 4.19. The van der Waals surface area contributed by atoms with Gasteiger partial charge in [0, 0.05) is 5.69 Å². The Hall–Kier alpha value is -2.95. The molecule has 0 fully saturated rings. The molecule has 0 radical (unpaired) electrons. The summed E-state index contributed by atoms with van der Waals surface area (Å²) in [5.74, 6) is 1.15. The smallest absolute Gasteiger partial charge is 0.255 e. The van der Waals surface area contributed by atoms with Gasteiger partial charge in [0.1, 0.15) is 12.8 Å². The molecule has 0 aliphatic carbocycles. The van der Waals surface area contributed by atoms with Gasteiger partial charge in [-0.2, -0.15) is 0 Å². The zero-order chi connectivity index (χ0) is 16.2.